The van der Waals surface area contributed by atoms with Crippen LogP contribution >= 0.6 is 0 Å². The minimum atomic E-state index is -3.51. The lowest BCUT2D eigenvalue weighted by atomic mass is 10.2. The van der Waals surface area contributed by atoms with E-state index in [1.165, 1.54) is 37.1 Å². The van der Waals surface area contributed by atoms with Gasteiger partial charge in [0.1, 0.15) is 5.82 Å². The Morgan fingerprint density at radius 1 is 1.12 bits per heavy atom. The molecule has 3 aromatic rings. The highest BCUT2D eigenvalue weighted by Crippen LogP contribution is 2.17. The molecule has 0 saturated heterocycles. The van der Waals surface area contributed by atoms with Crippen molar-refractivity contribution in [1.29, 1.82) is 0 Å². The van der Waals surface area contributed by atoms with Gasteiger partial charge in [0.05, 0.1) is 11.4 Å². The van der Waals surface area contributed by atoms with Gasteiger partial charge in [-0.2, -0.15) is 4.80 Å². The molecule has 3 rings (SSSR count). The Balaban J connectivity index is 1.85. The third kappa shape index (κ3) is 3.72. The zero-order valence-corrected chi connectivity index (χ0v) is 14.5. The average Bonchev–Trinajstić information content (AvgIpc) is 3.03. The van der Waals surface area contributed by atoms with E-state index in [4.69, 9.17) is 0 Å². The lowest BCUT2D eigenvalue weighted by Crippen LogP contribution is -2.22. The van der Waals surface area contributed by atoms with Crippen LogP contribution in [-0.4, -0.2) is 47.0 Å². The van der Waals surface area contributed by atoms with Crippen LogP contribution in [0, 0.1) is 5.82 Å². The van der Waals surface area contributed by atoms with Gasteiger partial charge < -0.3 is 0 Å². The molecule has 25 heavy (non-hydrogen) atoms. The van der Waals surface area contributed by atoms with E-state index in [-0.39, 0.29) is 17.3 Å². The summed E-state index contributed by atoms with van der Waals surface area (Å²) < 4.78 is 38.8. The van der Waals surface area contributed by atoms with Gasteiger partial charge in [-0.15, -0.1) is 10.2 Å². The van der Waals surface area contributed by atoms with Gasteiger partial charge in [0.2, 0.25) is 15.8 Å². The predicted molar refractivity (Wildman–Crippen MR) is 89.6 cm³/mol. The smallest absolute Gasteiger partial charge is 0.207 e. The predicted octanol–water partition coefficient (Wildman–Crippen LogP) is 1.78. The second-order valence-electron chi connectivity index (χ2n) is 5.59. The Hall–Kier alpha value is -2.65. The van der Waals surface area contributed by atoms with Crippen molar-refractivity contribution in [3.05, 3.63) is 59.9 Å². The summed E-state index contributed by atoms with van der Waals surface area (Å²) in [7, 11) is -0.551. The van der Waals surface area contributed by atoms with Crippen molar-refractivity contribution in [2.75, 3.05) is 14.1 Å². The average molecular weight is 361 g/mol. The molecule has 0 bridgehead atoms. The fourth-order valence-corrected chi connectivity index (χ4v) is 3.20. The van der Waals surface area contributed by atoms with Crippen LogP contribution in [0.1, 0.15) is 5.56 Å². The Bertz CT molecular complexity index is 1000. The second-order valence-corrected chi connectivity index (χ2v) is 7.74. The molecule has 1 heterocycles. The molecule has 0 aliphatic heterocycles. The fraction of sp³-hybridized carbons (Fsp3) is 0.188. The maximum Gasteiger partial charge on any atom is 0.242 e. The Morgan fingerprint density at radius 2 is 1.88 bits per heavy atom. The van der Waals surface area contributed by atoms with Gasteiger partial charge in [0, 0.05) is 19.7 Å². The lowest BCUT2D eigenvalue weighted by Gasteiger charge is -2.12. The van der Waals surface area contributed by atoms with Gasteiger partial charge in [-0.25, -0.2) is 17.1 Å². The van der Waals surface area contributed by atoms with E-state index in [0.29, 0.717) is 17.0 Å². The molecule has 1 aromatic heterocycles. The first-order chi connectivity index (χ1) is 11.9. The normalized spacial score (nSPS) is 11.8. The molecule has 130 valence electrons. The quantitative estimate of drug-likeness (QED) is 0.692. The number of rotatable bonds is 5. The third-order valence-electron chi connectivity index (χ3n) is 3.54. The molecule has 0 aliphatic carbocycles. The summed E-state index contributed by atoms with van der Waals surface area (Å²) >= 11 is 0. The van der Waals surface area contributed by atoms with E-state index in [0.717, 1.165) is 4.31 Å². The molecule has 0 fully saturated rings. The molecule has 7 nitrogen and oxygen atoms in total. The molecule has 0 saturated carbocycles. The van der Waals surface area contributed by atoms with Gasteiger partial charge in [-0.1, -0.05) is 24.3 Å². The van der Waals surface area contributed by atoms with Crippen molar-refractivity contribution in [2.24, 2.45) is 0 Å². The van der Waals surface area contributed by atoms with Gasteiger partial charge >= 0.3 is 0 Å². The van der Waals surface area contributed by atoms with E-state index in [2.05, 4.69) is 15.4 Å². The number of benzene rings is 2. The van der Waals surface area contributed by atoms with Crippen molar-refractivity contribution < 1.29 is 12.8 Å². The van der Waals surface area contributed by atoms with Crippen molar-refractivity contribution in [2.45, 2.75) is 11.4 Å². The van der Waals surface area contributed by atoms with Crippen LogP contribution in [0.3, 0.4) is 0 Å². The molecule has 0 N–H and O–H groups in total. The Labute approximate surface area is 144 Å². The number of sulfonamides is 1. The molecule has 2 aromatic carbocycles. The minimum Gasteiger partial charge on any atom is -0.207 e. The van der Waals surface area contributed by atoms with Crippen LogP contribution in [0.15, 0.2) is 53.4 Å². The molecule has 0 unspecified atom stereocenters. The molecule has 0 spiro atoms. The maximum atomic E-state index is 13.3. The first-order valence-corrected chi connectivity index (χ1v) is 8.85. The summed E-state index contributed by atoms with van der Waals surface area (Å²) in [6.07, 6.45) is 0. The molecule has 0 atom stereocenters. The van der Waals surface area contributed by atoms with E-state index < -0.39 is 10.0 Å². The fourth-order valence-electron chi connectivity index (χ4n) is 2.23. The van der Waals surface area contributed by atoms with Crippen LogP contribution in [0.4, 0.5) is 4.39 Å². The molecule has 0 amide bonds. The third-order valence-corrected chi connectivity index (χ3v) is 5.35. The van der Waals surface area contributed by atoms with Crippen LogP contribution in [-0.2, 0) is 16.6 Å². The second kappa shape index (κ2) is 6.69. The number of nitrogens with zero attached hydrogens (tertiary/aromatic N) is 5. The largest absolute Gasteiger partial charge is 0.242 e. The number of aromatic nitrogens is 4. The van der Waals surface area contributed by atoms with Crippen LogP contribution in [0.2, 0.25) is 0 Å². The van der Waals surface area contributed by atoms with E-state index in [1.54, 1.807) is 30.3 Å². The topological polar surface area (TPSA) is 81.0 Å². The van der Waals surface area contributed by atoms with Crippen molar-refractivity contribution >= 4 is 10.0 Å². The molecule has 9 heteroatoms. The van der Waals surface area contributed by atoms with Crippen LogP contribution in [0.5, 0.6) is 0 Å². The molecular weight excluding hydrogens is 345 g/mol. The van der Waals surface area contributed by atoms with Crippen molar-refractivity contribution in [3.63, 3.8) is 0 Å². The van der Waals surface area contributed by atoms with Gasteiger partial charge in [-0.05, 0) is 35.0 Å². The van der Waals surface area contributed by atoms with Crippen LogP contribution < -0.4 is 0 Å². The summed E-state index contributed by atoms with van der Waals surface area (Å²) in [5.74, 6) is -0.0768. The highest BCUT2D eigenvalue weighted by molar-refractivity contribution is 7.89. The Kier molecular flexibility index (Phi) is 4.60. The highest BCUT2D eigenvalue weighted by Gasteiger charge is 2.17. The standard InChI is InChI=1S/C16H16FN5O2S/c1-21(2)25(23,24)15-8-3-5-12(9-15)11-22-19-16(18-20-22)13-6-4-7-14(17)10-13/h3-10H,11H2,1-2H3. The zero-order valence-electron chi connectivity index (χ0n) is 13.7. The molecule has 0 radical (unpaired) electrons. The van der Waals surface area contributed by atoms with E-state index in [9.17, 15) is 12.8 Å². The monoisotopic (exact) mass is 361 g/mol. The number of halogens is 1. The molecule has 0 aliphatic rings. The maximum absolute atomic E-state index is 13.3. The molecular formula is C16H16FN5O2S. The van der Waals surface area contributed by atoms with Crippen molar-refractivity contribution in [3.8, 4) is 11.4 Å². The Morgan fingerprint density at radius 3 is 2.60 bits per heavy atom. The van der Waals surface area contributed by atoms with Gasteiger partial charge in [0.25, 0.3) is 0 Å². The first-order valence-electron chi connectivity index (χ1n) is 7.41. The SMILES string of the molecule is CN(C)S(=O)(=O)c1cccc(Cn2nnc(-c3cccc(F)c3)n2)c1. The van der Waals surface area contributed by atoms with Gasteiger partial charge in [-0.3, -0.25) is 0 Å². The first kappa shape index (κ1) is 17.2. The van der Waals surface area contributed by atoms with E-state index >= 15 is 0 Å². The highest BCUT2D eigenvalue weighted by atomic mass is 32.2. The summed E-state index contributed by atoms with van der Waals surface area (Å²) in [4.78, 5) is 1.53. The lowest BCUT2D eigenvalue weighted by molar-refractivity contribution is 0.520. The summed E-state index contributed by atoms with van der Waals surface area (Å²) in [5.41, 5.74) is 1.24. The van der Waals surface area contributed by atoms with Crippen molar-refractivity contribution in [1.82, 2.24) is 24.5 Å². The number of tetrazole rings is 1. The van der Waals surface area contributed by atoms with Gasteiger partial charge in [0.15, 0.2) is 0 Å². The minimum absolute atomic E-state index is 0.195. The number of hydrogen-bond donors (Lipinski definition) is 0. The summed E-state index contributed by atoms with van der Waals surface area (Å²) in [5, 5.41) is 12.1. The summed E-state index contributed by atoms with van der Waals surface area (Å²) in [6, 6.07) is 12.5. The van der Waals surface area contributed by atoms with E-state index in [1.807, 2.05) is 0 Å². The zero-order chi connectivity index (χ0) is 18.0. The summed E-state index contributed by atoms with van der Waals surface area (Å²) in [6.45, 7) is 0.249. The van der Waals surface area contributed by atoms with Crippen LogP contribution in [0.25, 0.3) is 11.4 Å². The number of hydrogen-bond acceptors (Lipinski definition) is 5.